The summed E-state index contributed by atoms with van der Waals surface area (Å²) in [5, 5.41) is 7.02. The van der Waals surface area contributed by atoms with Crippen LogP contribution in [0.3, 0.4) is 0 Å². The topological polar surface area (TPSA) is 102 Å². The second-order valence-electron chi connectivity index (χ2n) is 5.57. The lowest BCUT2D eigenvalue weighted by molar-refractivity contribution is -0.122. The summed E-state index contributed by atoms with van der Waals surface area (Å²) < 4.78 is 2.88. The number of H-pyrrole nitrogens is 1. The van der Waals surface area contributed by atoms with Crippen molar-refractivity contribution in [1.82, 2.24) is 24.6 Å². The van der Waals surface area contributed by atoms with Crippen molar-refractivity contribution >= 4 is 5.91 Å². The fourth-order valence-electron chi connectivity index (χ4n) is 2.45. The number of hydrogen-bond donors (Lipinski definition) is 2. The first kappa shape index (κ1) is 16.4. The molecule has 0 aliphatic carbocycles. The summed E-state index contributed by atoms with van der Waals surface area (Å²) in [5.41, 5.74) is 0.692. The summed E-state index contributed by atoms with van der Waals surface area (Å²) in [7, 11) is 0. The van der Waals surface area contributed by atoms with Crippen LogP contribution in [-0.4, -0.2) is 25.2 Å². The molecular formula is C17H17N5O3. The summed E-state index contributed by atoms with van der Waals surface area (Å²) in [6.45, 7) is 1.69. The normalized spacial score (nSPS) is 11.9. The van der Waals surface area contributed by atoms with Crippen molar-refractivity contribution in [3.8, 4) is 5.69 Å². The number of nitrogens with zero attached hydrogens (tertiary/aromatic N) is 3. The van der Waals surface area contributed by atoms with Gasteiger partial charge in [0.15, 0.2) is 0 Å². The molecule has 8 nitrogen and oxygen atoms in total. The number of carbonyl (C=O) groups is 1. The third-order valence-electron chi connectivity index (χ3n) is 3.73. The molecular weight excluding hydrogens is 322 g/mol. The van der Waals surface area contributed by atoms with Gasteiger partial charge in [-0.2, -0.15) is 5.10 Å². The van der Waals surface area contributed by atoms with E-state index in [0.29, 0.717) is 0 Å². The third-order valence-corrected chi connectivity index (χ3v) is 3.73. The minimum absolute atomic E-state index is 0.168. The van der Waals surface area contributed by atoms with Gasteiger partial charge in [-0.05, 0) is 30.7 Å². The first-order chi connectivity index (χ1) is 12.0. The van der Waals surface area contributed by atoms with Crippen LogP contribution in [0.25, 0.3) is 5.69 Å². The molecule has 0 aliphatic rings. The number of carbonyl (C=O) groups excluding carboxylic acids is 1. The van der Waals surface area contributed by atoms with Crippen LogP contribution >= 0.6 is 0 Å². The van der Waals surface area contributed by atoms with Gasteiger partial charge in [0.1, 0.15) is 6.54 Å². The molecule has 0 radical (unpaired) electrons. The zero-order valence-corrected chi connectivity index (χ0v) is 13.5. The van der Waals surface area contributed by atoms with E-state index < -0.39 is 11.2 Å². The van der Waals surface area contributed by atoms with Gasteiger partial charge in [-0.1, -0.05) is 12.1 Å². The molecule has 2 heterocycles. The van der Waals surface area contributed by atoms with Gasteiger partial charge in [0.25, 0.3) is 5.56 Å². The second kappa shape index (κ2) is 7.00. The lowest BCUT2D eigenvalue weighted by Gasteiger charge is -2.16. The van der Waals surface area contributed by atoms with Crippen LogP contribution in [-0.2, 0) is 11.3 Å². The highest BCUT2D eigenvalue weighted by molar-refractivity contribution is 5.76. The highest BCUT2D eigenvalue weighted by atomic mass is 16.2. The van der Waals surface area contributed by atoms with Crippen molar-refractivity contribution in [2.45, 2.75) is 19.5 Å². The van der Waals surface area contributed by atoms with E-state index >= 15 is 0 Å². The van der Waals surface area contributed by atoms with Crippen LogP contribution in [0.1, 0.15) is 18.5 Å². The maximum absolute atomic E-state index is 12.2. The number of aromatic nitrogens is 4. The number of aromatic amines is 1. The van der Waals surface area contributed by atoms with Crippen LogP contribution in [0.5, 0.6) is 0 Å². The fraction of sp³-hybridized carbons (Fsp3) is 0.176. The molecule has 3 aromatic rings. The molecule has 0 spiro atoms. The quantitative estimate of drug-likeness (QED) is 0.710. The Hall–Kier alpha value is -3.42. The van der Waals surface area contributed by atoms with Crippen molar-refractivity contribution in [1.29, 1.82) is 0 Å². The molecule has 0 unspecified atom stereocenters. The molecule has 1 aromatic carbocycles. The van der Waals surface area contributed by atoms with Crippen LogP contribution in [0, 0.1) is 0 Å². The molecule has 2 N–H and O–H groups in total. The van der Waals surface area contributed by atoms with E-state index in [-0.39, 0.29) is 18.5 Å². The van der Waals surface area contributed by atoms with Gasteiger partial charge in [-0.25, -0.2) is 9.48 Å². The molecule has 8 heteroatoms. The fourth-order valence-corrected chi connectivity index (χ4v) is 2.45. The van der Waals surface area contributed by atoms with Crippen molar-refractivity contribution in [3.63, 3.8) is 0 Å². The summed E-state index contributed by atoms with van der Waals surface area (Å²) in [6, 6.07) is 10.4. The van der Waals surface area contributed by atoms with Gasteiger partial charge in [0.2, 0.25) is 5.91 Å². The van der Waals surface area contributed by atoms with Gasteiger partial charge in [-0.15, -0.1) is 0 Å². The Labute approximate surface area is 142 Å². The lowest BCUT2D eigenvalue weighted by Crippen LogP contribution is -2.36. The Morgan fingerprint density at radius 2 is 2.08 bits per heavy atom. The number of nitrogens with one attached hydrogen (secondary N) is 2. The number of hydrogen-bond acceptors (Lipinski definition) is 4. The van der Waals surface area contributed by atoms with Gasteiger partial charge in [-0.3, -0.25) is 19.1 Å². The van der Waals surface area contributed by atoms with Crippen molar-refractivity contribution in [2.24, 2.45) is 0 Å². The Morgan fingerprint density at radius 1 is 1.24 bits per heavy atom. The lowest BCUT2D eigenvalue weighted by atomic mass is 10.1. The smallest absolute Gasteiger partial charge is 0.328 e. The second-order valence-corrected chi connectivity index (χ2v) is 5.57. The zero-order valence-electron chi connectivity index (χ0n) is 13.5. The Balaban J connectivity index is 1.70. The summed E-state index contributed by atoms with van der Waals surface area (Å²) in [6.07, 6.45) is 4.83. The molecule has 2 aromatic heterocycles. The van der Waals surface area contributed by atoms with E-state index in [1.54, 1.807) is 10.9 Å². The van der Waals surface area contributed by atoms with E-state index in [9.17, 15) is 14.4 Å². The van der Waals surface area contributed by atoms with Crippen molar-refractivity contribution in [3.05, 3.63) is 81.4 Å². The maximum Gasteiger partial charge on any atom is 0.328 e. The third kappa shape index (κ3) is 3.92. The maximum atomic E-state index is 12.2. The van der Waals surface area contributed by atoms with Crippen LogP contribution in [0.15, 0.2) is 64.6 Å². The minimum atomic E-state index is -0.615. The first-order valence-corrected chi connectivity index (χ1v) is 7.72. The van der Waals surface area contributed by atoms with Crippen molar-refractivity contribution < 1.29 is 4.79 Å². The Morgan fingerprint density at radius 3 is 2.80 bits per heavy atom. The summed E-state index contributed by atoms with van der Waals surface area (Å²) in [5.74, 6) is -0.328. The monoisotopic (exact) mass is 339 g/mol. The molecule has 0 bridgehead atoms. The Bertz CT molecular complexity index is 988. The van der Waals surface area contributed by atoms with Gasteiger partial charge in [0, 0.05) is 24.7 Å². The van der Waals surface area contributed by atoms with Gasteiger partial charge < -0.3 is 5.32 Å². The predicted octanol–water partition coefficient (Wildman–Crippen LogP) is 0.600. The average molecular weight is 339 g/mol. The molecule has 25 heavy (non-hydrogen) atoms. The highest BCUT2D eigenvalue weighted by Gasteiger charge is 2.11. The van der Waals surface area contributed by atoms with Crippen molar-refractivity contribution in [2.75, 3.05) is 0 Å². The molecule has 0 aliphatic heterocycles. The molecule has 0 fully saturated rings. The summed E-state index contributed by atoms with van der Waals surface area (Å²) >= 11 is 0. The largest absolute Gasteiger partial charge is 0.348 e. The molecule has 128 valence electrons. The zero-order chi connectivity index (χ0) is 17.8. The predicted molar refractivity (Wildman–Crippen MR) is 91.4 cm³/mol. The van der Waals surface area contributed by atoms with Gasteiger partial charge >= 0.3 is 5.69 Å². The highest BCUT2D eigenvalue weighted by Crippen LogP contribution is 2.16. The molecule has 1 amide bonds. The van der Waals surface area contributed by atoms with Gasteiger partial charge in [0.05, 0.1) is 11.7 Å². The van der Waals surface area contributed by atoms with Crippen LogP contribution < -0.4 is 16.6 Å². The standard InChI is InChI=1S/C17H17N5O3/c1-12(13-4-2-5-14(10-13)22-8-3-7-18-22)19-16(24)11-21-9-6-15(23)20-17(21)25/h2-10,12H,11H2,1H3,(H,19,24)(H,20,23,25)/t12-/m1/s1. The molecule has 0 saturated heterocycles. The van der Waals surface area contributed by atoms with E-state index in [1.165, 1.54) is 12.3 Å². The minimum Gasteiger partial charge on any atom is -0.348 e. The average Bonchev–Trinajstić information content (AvgIpc) is 3.12. The number of amides is 1. The van der Waals surface area contributed by atoms with E-state index in [1.807, 2.05) is 43.5 Å². The molecule has 0 saturated carbocycles. The van der Waals surface area contributed by atoms with E-state index in [4.69, 9.17) is 0 Å². The van der Waals surface area contributed by atoms with E-state index in [2.05, 4.69) is 15.4 Å². The molecule has 3 rings (SSSR count). The van der Waals surface area contributed by atoms with Crippen LogP contribution in [0.4, 0.5) is 0 Å². The SMILES string of the molecule is C[C@@H](NC(=O)Cn1ccc(=O)[nH]c1=O)c1cccc(-n2cccn2)c1. The molecule has 1 atom stereocenters. The number of benzene rings is 1. The Kier molecular flexibility index (Phi) is 4.60. The summed E-state index contributed by atoms with van der Waals surface area (Å²) in [4.78, 5) is 36.9. The van der Waals surface area contributed by atoms with Crippen LogP contribution in [0.2, 0.25) is 0 Å². The number of rotatable bonds is 5. The first-order valence-electron chi connectivity index (χ1n) is 7.72. The van der Waals surface area contributed by atoms with E-state index in [0.717, 1.165) is 15.8 Å².